The maximum atomic E-state index is 12.7. The average molecular weight is 317 g/mol. The number of nitrogens with zero attached hydrogens (tertiary/aromatic N) is 1. The summed E-state index contributed by atoms with van der Waals surface area (Å²) in [6.07, 6.45) is 4.77. The summed E-state index contributed by atoms with van der Waals surface area (Å²) in [5.41, 5.74) is 1.15. The molecule has 5 nitrogen and oxygen atoms in total. The molecule has 4 rings (SSSR count). The van der Waals surface area contributed by atoms with E-state index in [9.17, 15) is 4.79 Å². The van der Waals surface area contributed by atoms with Gasteiger partial charge in [-0.3, -0.25) is 4.79 Å². The monoisotopic (exact) mass is 317 g/mol. The van der Waals surface area contributed by atoms with Gasteiger partial charge in [-0.05, 0) is 43.4 Å². The molecule has 124 valence electrons. The normalized spacial score (nSPS) is 26.5. The molecule has 0 bridgehead atoms. The van der Waals surface area contributed by atoms with Crippen molar-refractivity contribution in [2.45, 2.75) is 44.2 Å². The number of amides is 1. The number of carbonyl (C=O) groups excluding carboxylic acids is 1. The number of rotatable bonds is 3. The minimum atomic E-state index is 0.115. The Hall–Kier alpha value is -1.75. The number of ether oxygens (including phenoxy) is 3. The summed E-state index contributed by atoms with van der Waals surface area (Å²) in [6.45, 7) is 2.82. The molecule has 5 heteroatoms. The lowest BCUT2D eigenvalue weighted by Crippen LogP contribution is -2.33. The highest BCUT2D eigenvalue weighted by Crippen LogP contribution is 2.38. The molecule has 0 aliphatic carbocycles. The van der Waals surface area contributed by atoms with E-state index in [4.69, 9.17) is 14.2 Å². The quantitative estimate of drug-likeness (QED) is 0.860. The Morgan fingerprint density at radius 3 is 2.78 bits per heavy atom. The minimum absolute atomic E-state index is 0.115. The van der Waals surface area contributed by atoms with Crippen LogP contribution in [-0.2, 0) is 9.53 Å². The third kappa shape index (κ3) is 3.02. The first-order chi connectivity index (χ1) is 11.3. The minimum Gasteiger partial charge on any atom is -0.486 e. The lowest BCUT2D eigenvalue weighted by atomic mass is 10.0. The van der Waals surface area contributed by atoms with Crippen LogP contribution in [0.5, 0.6) is 11.5 Å². The first kappa shape index (κ1) is 14.8. The van der Waals surface area contributed by atoms with E-state index in [1.165, 1.54) is 0 Å². The van der Waals surface area contributed by atoms with E-state index in [1.807, 2.05) is 17.0 Å². The molecule has 3 aliphatic rings. The number of fused-ring (bicyclic) bond motifs is 1. The molecule has 1 aromatic carbocycles. The van der Waals surface area contributed by atoms with Gasteiger partial charge in [0.25, 0.3) is 0 Å². The fraction of sp³-hybridized carbons (Fsp3) is 0.611. The van der Waals surface area contributed by atoms with Crippen LogP contribution in [0.25, 0.3) is 0 Å². The molecular formula is C18H23NO4. The highest BCUT2D eigenvalue weighted by molar-refractivity contribution is 5.77. The third-order valence-corrected chi connectivity index (χ3v) is 4.95. The van der Waals surface area contributed by atoms with Crippen molar-refractivity contribution in [2.75, 3.05) is 26.4 Å². The Morgan fingerprint density at radius 1 is 1.09 bits per heavy atom. The molecule has 0 unspecified atom stereocenters. The van der Waals surface area contributed by atoms with E-state index in [0.717, 1.165) is 55.9 Å². The molecule has 0 radical (unpaired) electrons. The molecule has 0 aromatic heterocycles. The standard InChI is InChI=1S/C18H23NO4/c20-18(12-14-3-2-8-21-14)19-7-1-4-15(19)13-5-6-16-17(11-13)23-10-9-22-16/h5-6,11,14-15H,1-4,7-10,12H2/t14-,15-/m0/s1. The lowest BCUT2D eigenvalue weighted by Gasteiger charge is -2.27. The van der Waals surface area contributed by atoms with Gasteiger partial charge in [-0.15, -0.1) is 0 Å². The second-order valence-electron chi connectivity index (χ2n) is 6.49. The van der Waals surface area contributed by atoms with E-state index in [-0.39, 0.29) is 18.1 Å². The van der Waals surface area contributed by atoms with Gasteiger partial charge >= 0.3 is 0 Å². The number of carbonyl (C=O) groups is 1. The summed E-state index contributed by atoms with van der Waals surface area (Å²) in [5.74, 6) is 1.82. The molecule has 1 amide bonds. The maximum absolute atomic E-state index is 12.7. The van der Waals surface area contributed by atoms with Gasteiger partial charge in [-0.1, -0.05) is 6.07 Å². The smallest absolute Gasteiger partial charge is 0.225 e. The van der Waals surface area contributed by atoms with Crippen molar-refractivity contribution in [3.8, 4) is 11.5 Å². The summed E-state index contributed by atoms with van der Waals surface area (Å²) >= 11 is 0. The fourth-order valence-corrected chi connectivity index (χ4v) is 3.80. The summed E-state index contributed by atoms with van der Waals surface area (Å²) in [4.78, 5) is 14.7. The topological polar surface area (TPSA) is 48.0 Å². The van der Waals surface area contributed by atoms with Crippen LogP contribution in [-0.4, -0.2) is 43.3 Å². The van der Waals surface area contributed by atoms with Crippen LogP contribution in [0.15, 0.2) is 18.2 Å². The molecule has 2 saturated heterocycles. The van der Waals surface area contributed by atoms with Crippen molar-refractivity contribution in [2.24, 2.45) is 0 Å². The second kappa shape index (κ2) is 6.40. The molecule has 2 atom stereocenters. The summed E-state index contributed by atoms with van der Waals surface area (Å²) in [6, 6.07) is 6.22. The Bertz CT molecular complexity index is 582. The Morgan fingerprint density at radius 2 is 1.96 bits per heavy atom. The van der Waals surface area contributed by atoms with E-state index in [2.05, 4.69) is 6.07 Å². The number of hydrogen-bond acceptors (Lipinski definition) is 4. The summed E-state index contributed by atoms with van der Waals surface area (Å²) in [5, 5.41) is 0. The fourth-order valence-electron chi connectivity index (χ4n) is 3.80. The second-order valence-corrected chi connectivity index (χ2v) is 6.49. The van der Waals surface area contributed by atoms with Crippen LogP contribution in [0, 0.1) is 0 Å². The first-order valence-electron chi connectivity index (χ1n) is 8.62. The maximum Gasteiger partial charge on any atom is 0.225 e. The van der Waals surface area contributed by atoms with E-state index < -0.39 is 0 Å². The number of hydrogen-bond donors (Lipinski definition) is 0. The van der Waals surface area contributed by atoms with Crippen LogP contribution in [0.2, 0.25) is 0 Å². The van der Waals surface area contributed by atoms with Crippen molar-refractivity contribution >= 4 is 5.91 Å². The Balaban J connectivity index is 1.49. The van der Waals surface area contributed by atoms with E-state index >= 15 is 0 Å². The van der Waals surface area contributed by atoms with Crippen LogP contribution in [0.1, 0.15) is 43.7 Å². The first-order valence-corrected chi connectivity index (χ1v) is 8.62. The number of likely N-dealkylation sites (tertiary alicyclic amines) is 1. The van der Waals surface area contributed by atoms with Crippen molar-refractivity contribution in [3.63, 3.8) is 0 Å². The highest BCUT2D eigenvalue weighted by atomic mass is 16.6. The van der Waals surface area contributed by atoms with Gasteiger partial charge in [-0.2, -0.15) is 0 Å². The Labute approximate surface area is 136 Å². The predicted octanol–water partition coefficient (Wildman–Crippen LogP) is 2.69. The molecule has 0 spiro atoms. The molecule has 1 aromatic rings. The molecule has 0 N–H and O–H groups in total. The predicted molar refractivity (Wildman–Crippen MR) is 84.7 cm³/mol. The molecule has 3 heterocycles. The van der Waals surface area contributed by atoms with E-state index in [0.29, 0.717) is 19.6 Å². The molecule has 3 aliphatic heterocycles. The van der Waals surface area contributed by atoms with Gasteiger partial charge in [-0.25, -0.2) is 0 Å². The summed E-state index contributed by atoms with van der Waals surface area (Å²) < 4.78 is 16.9. The van der Waals surface area contributed by atoms with Gasteiger partial charge in [0.05, 0.1) is 18.6 Å². The van der Waals surface area contributed by atoms with Gasteiger partial charge in [0.2, 0.25) is 5.91 Å². The van der Waals surface area contributed by atoms with E-state index in [1.54, 1.807) is 0 Å². The molecule has 0 saturated carbocycles. The van der Waals surface area contributed by atoms with Crippen molar-refractivity contribution < 1.29 is 19.0 Å². The Kier molecular flexibility index (Phi) is 4.12. The van der Waals surface area contributed by atoms with Gasteiger partial charge in [0, 0.05) is 13.2 Å². The zero-order valence-corrected chi connectivity index (χ0v) is 13.3. The molecule has 2 fully saturated rings. The van der Waals surface area contributed by atoms with Crippen LogP contribution in [0.4, 0.5) is 0 Å². The number of benzene rings is 1. The highest BCUT2D eigenvalue weighted by Gasteiger charge is 2.32. The summed E-state index contributed by atoms with van der Waals surface area (Å²) in [7, 11) is 0. The van der Waals surface area contributed by atoms with Crippen molar-refractivity contribution in [3.05, 3.63) is 23.8 Å². The SMILES string of the molecule is O=C(C[C@@H]1CCCO1)N1CCC[C@H]1c1ccc2c(c1)OCCO2. The van der Waals surface area contributed by atoms with Crippen LogP contribution in [0.3, 0.4) is 0 Å². The van der Waals surface area contributed by atoms with Crippen molar-refractivity contribution in [1.29, 1.82) is 0 Å². The van der Waals surface area contributed by atoms with Gasteiger partial charge in [0.15, 0.2) is 11.5 Å². The lowest BCUT2D eigenvalue weighted by molar-refractivity contribution is -0.134. The van der Waals surface area contributed by atoms with Crippen LogP contribution < -0.4 is 9.47 Å². The third-order valence-electron chi connectivity index (χ3n) is 4.95. The van der Waals surface area contributed by atoms with Crippen LogP contribution >= 0.6 is 0 Å². The average Bonchev–Trinajstić information content (AvgIpc) is 3.25. The zero-order chi connectivity index (χ0) is 15.6. The molecular weight excluding hydrogens is 294 g/mol. The zero-order valence-electron chi connectivity index (χ0n) is 13.3. The largest absolute Gasteiger partial charge is 0.486 e. The molecule has 23 heavy (non-hydrogen) atoms. The van der Waals surface area contributed by atoms with Gasteiger partial charge < -0.3 is 19.1 Å². The van der Waals surface area contributed by atoms with Gasteiger partial charge in [0.1, 0.15) is 13.2 Å². The van der Waals surface area contributed by atoms with Crippen molar-refractivity contribution in [1.82, 2.24) is 4.90 Å².